The van der Waals surface area contributed by atoms with Gasteiger partial charge in [0.1, 0.15) is 11.2 Å². The summed E-state index contributed by atoms with van der Waals surface area (Å²) in [6.45, 7) is 6.61. The first-order valence-corrected chi connectivity index (χ1v) is 11.6. The van der Waals surface area contributed by atoms with Gasteiger partial charge in [0, 0.05) is 19.1 Å². The Hall–Kier alpha value is -1.58. The first-order valence-electron chi connectivity index (χ1n) is 9.64. The predicted octanol–water partition coefficient (Wildman–Crippen LogP) is 2.42. The zero-order valence-corrected chi connectivity index (χ0v) is 18.0. The van der Waals surface area contributed by atoms with E-state index in [0.29, 0.717) is 42.3 Å². The number of hydrogen-bond acceptors (Lipinski definition) is 6. The van der Waals surface area contributed by atoms with Gasteiger partial charge in [0.15, 0.2) is 5.65 Å². The lowest BCUT2D eigenvalue weighted by Gasteiger charge is -2.30. The van der Waals surface area contributed by atoms with Gasteiger partial charge in [-0.1, -0.05) is 0 Å². The normalized spacial score (nSPS) is 16.9. The largest absolute Gasteiger partial charge is 0.287 e. The van der Waals surface area contributed by atoms with Crippen molar-refractivity contribution >= 4 is 32.8 Å². The van der Waals surface area contributed by atoms with Crippen LogP contribution in [0.4, 0.5) is 0 Å². The van der Waals surface area contributed by atoms with E-state index in [4.69, 9.17) is 11.6 Å². The summed E-state index contributed by atoms with van der Waals surface area (Å²) in [5.41, 5.74) is 1.34. The molecule has 2 aromatic rings. The summed E-state index contributed by atoms with van der Waals surface area (Å²) in [4.78, 5) is 25.6. The first kappa shape index (κ1) is 21.1. The lowest BCUT2D eigenvalue weighted by Crippen LogP contribution is -2.39. The maximum atomic E-state index is 12.9. The van der Waals surface area contributed by atoms with E-state index in [1.165, 1.54) is 0 Å². The molecule has 10 heteroatoms. The van der Waals surface area contributed by atoms with Crippen LogP contribution < -0.4 is 5.56 Å². The van der Waals surface area contributed by atoms with Crippen molar-refractivity contribution in [3.8, 4) is 0 Å². The Morgan fingerprint density at radius 2 is 1.93 bits per heavy atom. The number of nitrogens with zero attached hydrogens (tertiary/aromatic N) is 5. The number of piperidine rings is 1. The van der Waals surface area contributed by atoms with E-state index < -0.39 is 10.0 Å². The van der Waals surface area contributed by atoms with Crippen LogP contribution >= 0.6 is 11.6 Å². The van der Waals surface area contributed by atoms with Crippen molar-refractivity contribution in [1.82, 2.24) is 23.8 Å². The highest BCUT2D eigenvalue weighted by Crippen LogP contribution is 2.24. The summed E-state index contributed by atoms with van der Waals surface area (Å²) >= 11 is 5.89. The summed E-state index contributed by atoms with van der Waals surface area (Å²) in [7, 11) is -3.12. The van der Waals surface area contributed by atoms with Crippen LogP contribution in [0.3, 0.4) is 0 Å². The van der Waals surface area contributed by atoms with Crippen LogP contribution in [-0.2, 0) is 16.4 Å². The molecule has 8 nitrogen and oxygen atoms in total. The number of hydrogen-bond donors (Lipinski definition) is 0. The molecule has 0 atom stereocenters. The monoisotopic (exact) mass is 427 g/mol. The zero-order valence-electron chi connectivity index (χ0n) is 16.4. The standard InChI is InChI=1S/C18H26ClN5O3S/c1-4-28(26,27)23-9-7-13(8-10-23)5-6-14-17(25)24(12(2)3)16-15(21-14)11-20-18(19)22-16/h11-13H,4-10H2,1-3H3. The van der Waals surface area contributed by atoms with E-state index in [-0.39, 0.29) is 22.6 Å². The van der Waals surface area contributed by atoms with Gasteiger partial charge in [-0.3, -0.25) is 9.36 Å². The molecule has 154 valence electrons. The fraction of sp³-hybridized carbons (Fsp3) is 0.667. The van der Waals surface area contributed by atoms with Crippen LogP contribution in [0.2, 0.25) is 5.28 Å². The third kappa shape index (κ3) is 4.36. The first-order chi connectivity index (χ1) is 13.2. The van der Waals surface area contributed by atoms with Gasteiger partial charge in [-0.05, 0) is 64.0 Å². The third-order valence-corrected chi connectivity index (χ3v) is 7.37. The van der Waals surface area contributed by atoms with E-state index in [9.17, 15) is 13.2 Å². The Kier molecular flexibility index (Phi) is 6.36. The molecule has 1 saturated heterocycles. The molecule has 0 amide bonds. The van der Waals surface area contributed by atoms with E-state index in [1.807, 2.05) is 13.8 Å². The molecule has 0 radical (unpaired) electrons. The SMILES string of the molecule is CCS(=O)(=O)N1CCC(CCc2nc3cnc(Cl)nc3n(C(C)C)c2=O)CC1. The second-order valence-electron chi connectivity index (χ2n) is 7.46. The van der Waals surface area contributed by atoms with Gasteiger partial charge in [-0.25, -0.2) is 22.7 Å². The molecular weight excluding hydrogens is 402 g/mol. The second kappa shape index (κ2) is 8.42. The van der Waals surface area contributed by atoms with E-state index in [1.54, 1.807) is 22.0 Å². The number of fused-ring (bicyclic) bond motifs is 1. The van der Waals surface area contributed by atoms with Gasteiger partial charge in [0.25, 0.3) is 5.56 Å². The van der Waals surface area contributed by atoms with Crippen molar-refractivity contribution in [2.24, 2.45) is 5.92 Å². The quantitative estimate of drug-likeness (QED) is 0.656. The third-order valence-electron chi connectivity index (χ3n) is 5.31. The molecule has 0 aromatic carbocycles. The maximum Gasteiger partial charge on any atom is 0.274 e. The van der Waals surface area contributed by atoms with E-state index in [2.05, 4.69) is 15.0 Å². The molecule has 0 aliphatic carbocycles. The summed E-state index contributed by atoms with van der Waals surface area (Å²) < 4.78 is 27.2. The molecule has 2 aromatic heterocycles. The highest BCUT2D eigenvalue weighted by Gasteiger charge is 2.27. The van der Waals surface area contributed by atoms with Gasteiger partial charge in [-0.2, -0.15) is 4.98 Å². The van der Waals surface area contributed by atoms with Gasteiger partial charge in [0.05, 0.1) is 11.9 Å². The van der Waals surface area contributed by atoms with Crippen LogP contribution in [0.25, 0.3) is 11.2 Å². The highest BCUT2D eigenvalue weighted by molar-refractivity contribution is 7.89. The molecule has 3 rings (SSSR count). The molecule has 3 heterocycles. The second-order valence-corrected chi connectivity index (χ2v) is 10.1. The molecule has 0 bridgehead atoms. The highest BCUT2D eigenvalue weighted by atomic mass is 35.5. The number of aryl methyl sites for hydroxylation is 1. The Morgan fingerprint density at radius 3 is 2.54 bits per heavy atom. The van der Waals surface area contributed by atoms with Crippen molar-refractivity contribution in [3.63, 3.8) is 0 Å². The average molecular weight is 428 g/mol. The number of aromatic nitrogens is 4. The molecule has 0 saturated carbocycles. The molecule has 0 N–H and O–H groups in total. The van der Waals surface area contributed by atoms with Gasteiger partial charge >= 0.3 is 0 Å². The molecule has 1 aliphatic rings. The lowest BCUT2D eigenvalue weighted by atomic mass is 9.92. The Bertz CT molecular complexity index is 1010. The minimum absolute atomic E-state index is 0.0785. The van der Waals surface area contributed by atoms with Crippen LogP contribution in [0, 0.1) is 5.92 Å². The fourth-order valence-electron chi connectivity index (χ4n) is 3.67. The van der Waals surface area contributed by atoms with Crippen LogP contribution in [0.5, 0.6) is 0 Å². The maximum absolute atomic E-state index is 12.9. The molecular formula is C18H26ClN5O3S. The van der Waals surface area contributed by atoms with Gasteiger partial charge in [0.2, 0.25) is 15.3 Å². The van der Waals surface area contributed by atoms with Crippen LogP contribution in [-0.4, -0.2) is 51.1 Å². The summed E-state index contributed by atoms with van der Waals surface area (Å²) in [6.07, 6.45) is 4.52. The molecule has 28 heavy (non-hydrogen) atoms. The van der Waals surface area contributed by atoms with E-state index >= 15 is 0 Å². The van der Waals surface area contributed by atoms with Crippen molar-refractivity contribution in [3.05, 3.63) is 27.5 Å². The van der Waals surface area contributed by atoms with Crippen molar-refractivity contribution < 1.29 is 8.42 Å². The summed E-state index contributed by atoms with van der Waals surface area (Å²) in [5.74, 6) is 0.522. The smallest absolute Gasteiger partial charge is 0.274 e. The van der Waals surface area contributed by atoms with Crippen LogP contribution in [0.15, 0.2) is 11.0 Å². The predicted molar refractivity (Wildman–Crippen MR) is 109 cm³/mol. The summed E-state index contributed by atoms with van der Waals surface area (Å²) in [5, 5.41) is 0.0876. The van der Waals surface area contributed by atoms with Crippen molar-refractivity contribution in [1.29, 1.82) is 0 Å². The van der Waals surface area contributed by atoms with Gasteiger partial charge in [-0.15, -0.1) is 0 Å². The van der Waals surface area contributed by atoms with Crippen LogP contribution in [0.1, 0.15) is 51.8 Å². The minimum Gasteiger partial charge on any atom is -0.287 e. The Morgan fingerprint density at radius 1 is 1.25 bits per heavy atom. The molecule has 0 spiro atoms. The lowest BCUT2D eigenvalue weighted by molar-refractivity contribution is 0.263. The number of rotatable bonds is 6. The minimum atomic E-state index is -3.12. The molecule has 1 aliphatic heterocycles. The fourth-order valence-corrected chi connectivity index (χ4v) is 4.93. The van der Waals surface area contributed by atoms with Crippen molar-refractivity contribution in [2.45, 2.75) is 52.5 Å². The van der Waals surface area contributed by atoms with Crippen molar-refractivity contribution in [2.75, 3.05) is 18.8 Å². The number of sulfonamides is 1. The zero-order chi connectivity index (χ0) is 20.5. The Labute approximate surface area is 170 Å². The Balaban J connectivity index is 1.76. The number of halogens is 1. The molecule has 1 fully saturated rings. The molecule has 0 unspecified atom stereocenters. The summed E-state index contributed by atoms with van der Waals surface area (Å²) in [6, 6.07) is -0.0785. The van der Waals surface area contributed by atoms with E-state index in [0.717, 1.165) is 19.3 Å². The van der Waals surface area contributed by atoms with Gasteiger partial charge < -0.3 is 0 Å². The average Bonchev–Trinajstić information content (AvgIpc) is 2.66. The topological polar surface area (TPSA) is 98.1 Å².